The van der Waals surface area contributed by atoms with Crippen molar-refractivity contribution < 1.29 is 4.79 Å². The number of ketones is 1. The van der Waals surface area contributed by atoms with E-state index in [1.54, 1.807) is 0 Å². The van der Waals surface area contributed by atoms with Gasteiger partial charge in [0.1, 0.15) is 6.04 Å². The summed E-state index contributed by atoms with van der Waals surface area (Å²) in [5.74, 6) is -0.586. The van der Waals surface area contributed by atoms with Crippen LogP contribution in [-0.4, -0.2) is 16.7 Å². The molecule has 140 valence electrons. The Balaban J connectivity index is 1.78. The molecule has 3 atom stereocenters. The van der Waals surface area contributed by atoms with Gasteiger partial charge in [0.2, 0.25) is 0 Å². The summed E-state index contributed by atoms with van der Waals surface area (Å²) in [5, 5.41) is 26.5. The molecule has 0 aliphatic carbocycles. The maximum atomic E-state index is 13.6. The first-order chi connectivity index (χ1) is 14.2. The van der Waals surface area contributed by atoms with Crippen LogP contribution in [0.4, 0.5) is 0 Å². The van der Waals surface area contributed by atoms with Crippen LogP contribution >= 0.6 is 22.7 Å². The molecule has 3 aromatic rings. The van der Waals surface area contributed by atoms with Gasteiger partial charge in [-0.2, -0.15) is 21.9 Å². The monoisotopic (exact) mass is 413 g/mol. The molecule has 2 aliphatic heterocycles. The number of benzene rings is 1. The van der Waals surface area contributed by atoms with Crippen molar-refractivity contribution in [3.63, 3.8) is 0 Å². The van der Waals surface area contributed by atoms with E-state index in [1.165, 1.54) is 22.7 Å². The van der Waals surface area contributed by atoms with Gasteiger partial charge in [0.25, 0.3) is 0 Å². The van der Waals surface area contributed by atoms with E-state index in [0.717, 1.165) is 16.7 Å². The molecular weight excluding hydrogens is 398 g/mol. The number of thiophene rings is 2. The number of hydrogen-bond donors (Lipinski definition) is 0. The predicted molar refractivity (Wildman–Crippen MR) is 113 cm³/mol. The molecule has 0 radical (unpaired) electrons. The molecule has 2 aliphatic rings. The molecule has 0 N–H and O–H groups in total. The van der Waals surface area contributed by atoms with Crippen LogP contribution in [0, 0.1) is 28.1 Å². The van der Waals surface area contributed by atoms with Gasteiger partial charge in [-0.15, -0.1) is 11.3 Å². The van der Waals surface area contributed by atoms with Crippen LogP contribution in [0.1, 0.15) is 38.3 Å². The lowest BCUT2D eigenvalue weighted by Gasteiger charge is -2.34. The van der Waals surface area contributed by atoms with Crippen molar-refractivity contribution >= 4 is 34.5 Å². The van der Waals surface area contributed by atoms with Crippen LogP contribution in [0.25, 0.3) is 6.08 Å². The molecule has 4 heterocycles. The van der Waals surface area contributed by atoms with Gasteiger partial charge >= 0.3 is 0 Å². The van der Waals surface area contributed by atoms with Gasteiger partial charge in [-0.3, -0.25) is 4.79 Å². The summed E-state index contributed by atoms with van der Waals surface area (Å²) in [6.45, 7) is 0. The third kappa shape index (κ3) is 2.43. The quantitative estimate of drug-likeness (QED) is 0.552. The zero-order valence-corrected chi connectivity index (χ0v) is 16.9. The topological polar surface area (TPSA) is 67.9 Å². The molecule has 29 heavy (non-hydrogen) atoms. The number of carbonyl (C=O) groups is 1. The minimum Gasteiger partial charge on any atom is -0.357 e. The fourth-order valence-corrected chi connectivity index (χ4v) is 6.08. The van der Waals surface area contributed by atoms with E-state index in [0.29, 0.717) is 4.88 Å². The summed E-state index contributed by atoms with van der Waals surface area (Å²) in [5.41, 5.74) is 1.39. The van der Waals surface area contributed by atoms with E-state index in [2.05, 4.69) is 12.1 Å². The van der Waals surface area contributed by atoms with Gasteiger partial charge in [-0.1, -0.05) is 30.3 Å². The summed E-state index contributed by atoms with van der Waals surface area (Å²) >= 11 is 2.91. The fourth-order valence-electron chi connectivity index (χ4n) is 4.68. The first kappa shape index (κ1) is 17.9. The number of nitrogens with zero attached hydrogens (tertiary/aromatic N) is 3. The van der Waals surface area contributed by atoms with E-state index in [-0.39, 0.29) is 5.78 Å². The van der Waals surface area contributed by atoms with E-state index < -0.39 is 23.4 Å². The number of fused-ring (bicyclic) bond motifs is 3. The first-order valence-electron chi connectivity index (χ1n) is 9.18. The van der Waals surface area contributed by atoms with Crippen LogP contribution in [0.2, 0.25) is 0 Å². The Morgan fingerprint density at radius 1 is 1.07 bits per heavy atom. The number of Topliss-reactive ketones (excluding diaryl/α,β-unsaturated/α-hetero) is 1. The third-order valence-corrected chi connectivity index (χ3v) is 7.46. The van der Waals surface area contributed by atoms with Crippen LogP contribution in [0.3, 0.4) is 0 Å². The highest BCUT2D eigenvalue weighted by molar-refractivity contribution is 7.12. The average molecular weight is 414 g/mol. The van der Waals surface area contributed by atoms with Crippen molar-refractivity contribution in [1.82, 2.24) is 4.90 Å². The molecule has 5 rings (SSSR count). The Labute approximate surface area is 176 Å². The molecule has 0 spiro atoms. The maximum absolute atomic E-state index is 13.6. The summed E-state index contributed by atoms with van der Waals surface area (Å²) < 4.78 is 0. The maximum Gasteiger partial charge on any atom is 0.195 e. The molecule has 1 saturated heterocycles. The summed E-state index contributed by atoms with van der Waals surface area (Å²) in [6.07, 6.45) is 3.86. The van der Waals surface area contributed by atoms with E-state index in [4.69, 9.17) is 0 Å². The lowest BCUT2D eigenvalue weighted by Crippen LogP contribution is -2.37. The van der Waals surface area contributed by atoms with E-state index in [9.17, 15) is 15.3 Å². The van der Waals surface area contributed by atoms with Gasteiger partial charge in [0.05, 0.1) is 23.1 Å². The zero-order chi connectivity index (χ0) is 20.0. The molecule has 0 unspecified atom stereocenters. The second kappa shape index (κ2) is 6.70. The molecule has 0 saturated carbocycles. The molecule has 1 fully saturated rings. The minimum atomic E-state index is -1.38. The van der Waals surface area contributed by atoms with Crippen molar-refractivity contribution in [2.24, 2.45) is 5.41 Å². The van der Waals surface area contributed by atoms with E-state index in [1.807, 2.05) is 75.8 Å². The third-order valence-electron chi connectivity index (χ3n) is 5.88. The Bertz CT molecular complexity index is 1170. The predicted octanol–water partition coefficient (Wildman–Crippen LogP) is 5.22. The Hall–Kier alpha value is -3.19. The van der Waals surface area contributed by atoms with Gasteiger partial charge in [0.15, 0.2) is 11.2 Å². The largest absolute Gasteiger partial charge is 0.357 e. The lowest BCUT2D eigenvalue weighted by molar-refractivity contribution is 0.0879. The minimum absolute atomic E-state index is 0.0439. The van der Waals surface area contributed by atoms with Crippen molar-refractivity contribution in [3.8, 4) is 12.1 Å². The van der Waals surface area contributed by atoms with Crippen molar-refractivity contribution in [1.29, 1.82) is 10.5 Å². The normalized spacial score (nSPS) is 23.7. The number of nitriles is 2. The highest BCUT2D eigenvalue weighted by Crippen LogP contribution is 2.60. The Kier molecular flexibility index (Phi) is 4.13. The zero-order valence-electron chi connectivity index (χ0n) is 15.2. The van der Waals surface area contributed by atoms with Crippen molar-refractivity contribution in [2.45, 2.75) is 18.0 Å². The molecule has 1 aromatic carbocycles. The Morgan fingerprint density at radius 2 is 1.90 bits per heavy atom. The lowest BCUT2D eigenvalue weighted by atomic mass is 9.68. The van der Waals surface area contributed by atoms with Gasteiger partial charge in [-0.05, 0) is 51.0 Å². The van der Waals surface area contributed by atoms with Crippen molar-refractivity contribution in [2.75, 3.05) is 0 Å². The number of hydrogen-bond acceptors (Lipinski definition) is 6. The van der Waals surface area contributed by atoms with Crippen LogP contribution in [0.15, 0.2) is 64.8 Å². The molecule has 0 bridgehead atoms. The van der Waals surface area contributed by atoms with Crippen LogP contribution in [0.5, 0.6) is 0 Å². The van der Waals surface area contributed by atoms with Gasteiger partial charge in [0, 0.05) is 12.1 Å². The smallest absolute Gasteiger partial charge is 0.195 e. The molecule has 0 amide bonds. The SMILES string of the molecule is N#CC1(C#N)[C@H](c2ccsc2)[C@H](C(=O)c2cccs2)N2C=Cc3ccccc3[C@H]21. The molecule has 2 aromatic heterocycles. The second-order valence-electron chi connectivity index (χ2n) is 7.21. The fraction of sp³-hybridized carbons (Fsp3) is 0.174. The van der Waals surface area contributed by atoms with Crippen LogP contribution < -0.4 is 0 Å². The summed E-state index contributed by atoms with van der Waals surface area (Å²) in [4.78, 5) is 16.2. The summed E-state index contributed by atoms with van der Waals surface area (Å²) in [6, 6.07) is 17.0. The molecular formula is C23H15N3OS2. The second-order valence-corrected chi connectivity index (χ2v) is 8.94. The van der Waals surface area contributed by atoms with E-state index >= 15 is 0 Å². The molecule has 4 nitrogen and oxygen atoms in total. The number of rotatable bonds is 3. The van der Waals surface area contributed by atoms with Gasteiger partial charge < -0.3 is 4.90 Å². The highest BCUT2D eigenvalue weighted by Gasteiger charge is 2.64. The highest BCUT2D eigenvalue weighted by atomic mass is 32.1. The average Bonchev–Trinajstić information content (AvgIpc) is 3.52. The standard InChI is InChI=1S/C23H15N3OS2/c24-13-23(14-25)19(16-8-11-28-12-16)20(21(27)18-6-3-10-29-18)26-9-7-15-4-1-2-5-17(15)22(23)26/h1-12,19-20,22H/t19-,20-,22+/m1/s1. The molecule has 6 heteroatoms. The first-order valence-corrected chi connectivity index (χ1v) is 11.0. The summed E-state index contributed by atoms with van der Waals surface area (Å²) in [7, 11) is 0. The van der Waals surface area contributed by atoms with Gasteiger partial charge in [-0.25, -0.2) is 0 Å². The Morgan fingerprint density at radius 3 is 2.59 bits per heavy atom. The van der Waals surface area contributed by atoms with Crippen LogP contribution in [-0.2, 0) is 0 Å². The number of carbonyl (C=O) groups excluding carboxylic acids is 1. The van der Waals surface area contributed by atoms with Crippen molar-refractivity contribution in [3.05, 3.63) is 86.4 Å².